The molecule has 0 saturated carbocycles. The molecule has 0 unspecified atom stereocenters. The molecule has 0 spiro atoms. The highest BCUT2D eigenvalue weighted by Gasteiger charge is 2.08. The number of carbonyl (C=O) groups excluding carboxylic acids is 1. The Morgan fingerprint density at radius 2 is 2.19 bits per heavy atom. The van der Waals surface area contributed by atoms with Crippen molar-refractivity contribution in [3.05, 3.63) is 28.8 Å². The van der Waals surface area contributed by atoms with E-state index >= 15 is 0 Å². The van der Waals surface area contributed by atoms with Gasteiger partial charge in [0.2, 0.25) is 5.91 Å². The Morgan fingerprint density at radius 1 is 1.43 bits per heavy atom. The van der Waals surface area contributed by atoms with E-state index in [2.05, 4.69) is 5.32 Å². The summed E-state index contributed by atoms with van der Waals surface area (Å²) in [6.07, 6.45) is 2.70. The Bertz CT molecular complexity index is 514. The van der Waals surface area contributed by atoms with Crippen molar-refractivity contribution in [3.8, 4) is 6.07 Å². The summed E-state index contributed by atoms with van der Waals surface area (Å²) in [5, 5.41) is 20.6. The van der Waals surface area contributed by atoms with E-state index in [4.69, 9.17) is 22.0 Å². The van der Waals surface area contributed by atoms with Gasteiger partial charge in [0.15, 0.2) is 0 Å². The summed E-state index contributed by atoms with van der Waals surface area (Å²) in [6, 6.07) is 6.78. The topological polar surface area (TPSA) is 76.4 Å². The van der Waals surface area contributed by atoms with Gasteiger partial charge in [-0.15, -0.1) is 0 Å². The molecule has 0 radical (unpaired) electrons. The van der Waals surface area contributed by atoms with E-state index in [-0.39, 0.29) is 19.1 Å². The van der Waals surface area contributed by atoms with Gasteiger partial charge in [0, 0.05) is 12.3 Å². The van der Waals surface area contributed by atoms with Crippen molar-refractivity contribution in [3.63, 3.8) is 0 Å². The van der Waals surface area contributed by atoms with E-state index in [1.54, 1.807) is 18.2 Å². The Hall–Kier alpha value is -1.61. The lowest BCUT2D eigenvalue weighted by Crippen LogP contribution is -2.30. The number of unbranched alkanes of at least 4 members (excludes halogenated alkanes) is 2. The summed E-state index contributed by atoms with van der Waals surface area (Å²) in [5.41, 5.74) is 0.966. The maximum Gasteiger partial charge on any atom is 0.238 e. The van der Waals surface area contributed by atoms with E-state index in [9.17, 15) is 4.79 Å². The predicted molar refractivity (Wildman–Crippen MR) is 83.2 cm³/mol. The molecular weight excluding hydrogens is 290 g/mol. The van der Waals surface area contributed by atoms with E-state index < -0.39 is 0 Å². The van der Waals surface area contributed by atoms with Gasteiger partial charge < -0.3 is 10.4 Å². The van der Waals surface area contributed by atoms with Crippen LogP contribution in [0.15, 0.2) is 18.2 Å². The summed E-state index contributed by atoms with van der Waals surface area (Å²) in [6.45, 7) is 1.31. The summed E-state index contributed by atoms with van der Waals surface area (Å²) in [5.74, 6) is -0.125. The van der Waals surface area contributed by atoms with Crippen LogP contribution in [0.1, 0.15) is 24.8 Å². The zero-order valence-electron chi connectivity index (χ0n) is 12.1. The molecule has 0 fully saturated rings. The molecule has 0 bridgehead atoms. The fourth-order valence-corrected chi connectivity index (χ4v) is 2.10. The van der Waals surface area contributed by atoms with Gasteiger partial charge in [0.05, 0.1) is 17.1 Å². The third kappa shape index (κ3) is 6.58. The Morgan fingerprint density at radius 3 is 2.81 bits per heavy atom. The number of hydrogen-bond acceptors (Lipinski definition) is 4. The zero-order chi connectivity index (χ0) is 15.7. The minimum atomic E-state index is -0.125. The molecule has 21 heavy (non-hydrogen) atoms. The average molecular weight is 310 g/mol. The van der Waals surface area contributed by atoms with Crippen molar-refractivity contribution < 1.29 is 9.90 Å². The summed E-state index contributed by atoms with van der Waals surface area (Å²) >= 11 is 5.91. The van der Waals surface area contributed by atoms with Crippen molar-refractivity contribution >= 4 is 23.2 Å². The van der Waals surface area contributed by atoms with Crippen molar-refractivity contribution in [2.45, 2.75) is 19.3 Å². The number of aliphatic hydroxyl groups is 1. The summed E-state index contributed by atoms with van der Waals surface area (Å²) < 4.78 is 0. The first-order valence-electron chi connectivity index (χ1n) is 6.85. The second-order valence-electron chi connectivity index (χ2n) is 4.88. The molecule has 0 aliphatic carbocycles. The number of anilines is 1. The highest BCUT2D eigenvalue weighted by Crippen LogP contribution is 2.20. The molecule has 1 amide bonds. The number of rotatable bonds is 8. The molecule has 2 N–H and O–H groups in total. The van der Waals surface area contributed by atoms with Crippen LogP contribution in [0.5, 0.6) is 0 Å². The molecule has 5 nitrogen and oxygen atoms in total. The standard InChI is InChI=1S/C15H20ClN3O2/c1-19(7-3-2-4-8-20)11-15(21)18-13-6-5-12(10-17)14(16)9-13/h5-6,9,20H,2-4,7-8,11H2,1H3,(H,18,21). The highest BCUT2D eigenvalue weighted by molar-refractivity contribution is 6.32. The molecule has 0 aliphatic heterocycles. The number of benzene rings is 1. The molecular formula is C15H20ClN3O2. The Labute approximate surface area is 130 Å². The first-order valence-corrected chi connectivity index (χ1v) is 7.23. The zero-order valence-corrected chi connectivity index (χ0v) is 12.9. The number of carbonyl (C=O) groups is 1. The smallest absolute Gasteiger partial charge is 0.238 e. The number of aliphatic hydroxyl groups excluding tert-OH is 1. The van der Waals surface area contributed by atoms with Gasteiger partial charge in [0.25, 0.3) is 0 Å². The van der Waals surface area contributed by atoms with Crippen LogP contribution in [-0.2, 0) is 4.79 Å². The van der Waals surface area contributed by atoms with Crippen molar-refractivity contribution in [1.82, 2.24) is 4.90 Å². The monoisotopic (exact) mass is 309 g/mol. The van der Waals surface area contributed by atoms with Crippen LogP contribution in [0.2, 0.25) is 5.02 Å². The van der Waals surface area contributed by atoms with Crippen LogP contribution < -0.4 is 5.32 Å². The van der Waals surface area contributed by atoms with Crippen molar-refractivity contribution in [2.24, 2.45) is 0 Å². The maximum absolute atomic E-state index is 11.9. The third-order valence-corrected chi connectivity index (χ3v) is 3.30. The van der Waals surface area contributed by atoms with Crippen LogP contribution in [-0.4, -0.2) is 42.7 Å². The molecule has 0 heterocycles. The van der Waals surface area contributed by atoms with Gasteiger partial charge in [-0.05, 0) is 51.1 Å². The molecule has 1 aromatic carbocycles. The van der Waals surface area contributed by atoms with Gasteiger partial charge in [-0.25, -0.2) is 0 Å². The third-order valence-electron chi connectivity index (χ3n) is 2.98. The molecule has 0 aromatic heterocycles. The SMILES string of the molecule is CN(CCCCCO)CC(=O)Nc1ccc(C#N)c(Cl)c1. The second kappa shape index (κ2) is 9.35. The van der Waals surface area contributed by atoms with Crippen LogP contribution in [0.25, 0.3) is 0 Å². The Balaban J connectivity index is 2.39. The number of nitrogens with zero attached hydrogens (tertiary/aromatic N) is 2. The van der Waals surface area contributed by atoms with Gasteiger partial charge >= 0.3 is 0 Å². The van der Waals surface area contributed by atoms with Crippen LogP contribution >= 0.6 is 11.6 Å². The van der Waals surface area contributed by atoms with Gasteiger partial charge in [-0.3, -0.25) is 9.69 Å². The molecule has 0 aliphatic rings. The predicted octanol–water partition coefficient (Wildman–Crippen LogP) is 2.24. The molecule has 114 valence electrons. The van der Waals surface area contributed by atoms with E-state index in [0.717, 1.165) is 25.8 Å². The molecule has 0 saturated heterocycles. The van der Waals surface area contributed by atoms with Gasteiger partial charge in [-0.2, -0.15) is 5.26 Å². The number of halogens is 1. The largest absolute Gasteiger partial charge is 0.396 e. The van der Waals surface area contributed by atoms with Crippen LogP contribution in [0.4, 0.5) is 5.69 Å². The molecule has 1 aromatic rings. The molecule has 1 rings (SSSR count). The molecule has 6 heteroatoms. The lowest BCUT2D eigenvalue weighted by Gasteiger charge is -2.16. The van der Waals surface area contributed by atoms with Crippen LogP contribution in [0, 0.1) is 11.3 Å². The lowest BCUT2D eigenvalue weighted by atomic mass is 10.2. The first-order chi connectivity index (χ1) is 10.1. The number of nitrogens with one attached hydrogen (secondary N) is 1. The average Bonchev–Trinajstić information content (AvgIpc) is 2.43. The maximum atomic E-state index is 11.9. The summed E-state index contributed by atoms with van der Waals surface area (Å²) in [4.78, 5) is 13.8. The van der Waals surface area contributed by atoms with E-state index in [0.29, 0.717) is 16.3 Å². The molecule has 0 atom stereocenters. The van der Waals surface area contributed by atoms with Crippen molar-refractivity contribution in [1.29, 1.82) is 5.26 Å². The Kier molecular flexibility index (Phi) is 7.76. The highest BCUT2D eigenvalue weighted by atomic mass is 35.5. The fourth-order valence-electron chi connectivity index (χ4n) is 1.88. The van der Waals surface area contributed by atoms with Crippen molar-refractivity contribution in [2.75, 3.05) is 32.1 Å². The fraction of sp³-hybridized carbons (Fsp3) is 0.467. The number of hydrogen-bond donors (Lipinski definition) is 2. The van der Waals surface area contributed by atoms with Gasteiger partial charge in [0.1, 0.15) is 6.07 Å². The minimum Gasteiger partial charge on any atom is -0.396 e. The lowest BCUT2D eigenvalue weighted by molar-refractivity contribution is -0.117. The normalized spacial score (nSPS) is 10.4. The number of likely N-dealkylation sites (N-methyl/N-ethyl adjacent to an activating group) is 1. The summed E-state index contributed by atoms with van der Waals surface area (Å²) in [7, 11) is 1.88. The minimum absolute atomic E-state index is 0.125. The van der Waals surface area contributed by atoms with Crippen LogP contribution in [0.3, 0.4) is 0 Å². The quantitative estimate of drug-likeness (QED) is 0.722. The second-order valence-corrected chi connectivity index (χ2v) is 5.28. The van der Waals surface area contributed by atoms with E-state index in [1.807, 2.05) is 18.0 Å². The van der Waals surface area contributed by atoms with E-state index in [1.165, 1.54) is 0 Å². The number of amides is 1. The number of nitriles is 1. The van der Waals surface area contributed by atoms with Gasteiger partial charge in [-0.1, -0.05) is 11.6 Å². The first kappa shape index (κ1) is 17.4.